The Balaban J connectivity index is 1.90. The first-order valence-electron chi connectivity index (χ1n) is 8.31. The second-order valence-corrected chi connectivity index (χ2v) is 6.73. The highest BCUT2D eigenvalue weighted by Gasteiger charge is 2.39. The summed E-state index contributed by atoms with van der Waals surface area (Å²) in [6.45, 7) is 4.84. The fourth-order valence-corrected chi connectivity index (χ4v) is 3.65. The third-order valence-corrected chi connectivity index (χ3v) is 4.78. The van der Waals surface area contributed by atoms with E-state index in [1.807, 2.05) is 0 Å². The molecule has 0 aromatic rings. The van der Waals surface area contributed by atoms with Crippen LogP contribution in [0.15, 0.2) is 0 Å². The summed E-state index contributed by atoms with van der Waals surface area (Å²) < 4.78 is 0. The molecule has 116 valence electrons. The van der Waals surface area contributed by atoms with Crippen molar-refractivity contribution in [1.29, 1.82) is 0 Å². The van der Waals surface area contributed by atoms with E-state index in [0.29, 0.717) is 11.9 Å². The van der Waals surface area contributed by atoms with Crippen LogP contribution in [0.3, 0.4) is 0 Å². The third-order valence-electron chi connectivity index (χ3n) is 4.78. The average molecular weight is 281 g/mol. The fraction of sp³-hybridized carbons (Fsp3) is 0.938. The quantitative estimate of drug-likeness (QED) is 0.805. The molecule has 2 rings (SSSR count). The molecule has 0 aromatic carbocycles. The van der Waals surface area contributed by atoms with E-state index in [1.165, 1.54) is 25.7 Å². The number of amides is 1. The van der Waals surface area contributed by atoms with Crippen LogP contribution in [-0.4, -0.2) is 61.5 Å². The first-order chi connectivity index (χ1) is 9.61. The number of likely N-dealkylation sites (N-methyl/N-ethyl adjacent to an activating group) is 1. The molecule has 2 aliphatic rings. The van der Waals surface area contributed by atoms with Crippen molar-refractivity contribution in [2.75, 3.05) is 33.7 Å². The minimum absolute atomic E-state index is 0.0804. The van der Waals surface area contributed by atoms with E-state index in [9.17, 15) is 4.79 Å². The molecule has 4 nitrogen and oxygen atoms in total. The minimum atomic E-state index is 0.0804. The second kappa shape index (κ2) is 7.41. The Morgan fingerprint density at radius 2 is 1.90 bits per heavy atom. The zero-order chi connectivity index (χ0) is 14.5. The van der Waals surface area contributed by atoms with Crippen LogP contribution in [0.2, 0.25) is 0 Å². The Kier molecular flexibility index (Phi) is 5.85. The van der Waals surface area contributed by atoms with E-state index < -0.39 is 0 Å². The number of fused-ring (bicyclic) bond motifs is 1. The summed E-state index contributed by atoms with van der Waals surface area (Å²) in [5.41, 5.74) is 0. The highest BCUT2D eigenvalue weighted by atomic mass is 16.2. The predicted molar refractivity (Wildman–Crippen MR) is 82.7 cm³/mol. The number of hydrogen-bond acceptors (Lipinski definition) is 3. The molecule has 1 heterocycles. The summed E-state index contributed by atoms with van der Waals surface area (Å²) in [4.78, 5) is 17.0. The monoisotopic (exact) mass is 281 g/mol. The Bertz CT molecular complexity index is 301. The second-order valence-electron chi connectivity index (χ2n) is 6.73. The van der Waals surface area contributed by atoms with Gasteiger partial charge < -0.3 is 15.1 Å². The SMILES string of the molecule is CCCN(CCN(C)C)C(=O)C1CC2CCCCC2N1. The molecule has 4 heteroatoms. The average Bonchev–Trinajstić information content (AvgIpc) is 2.86. The van der Waals surface area contributed by atoms with Crippen LogP contribution < -0.4 is 5.32 Å². The molecule has 0 bridgehead atoms. The van der Waals surface area contributed by atoms with Gasteiger partial charge in [0.25, 0.3) is 0 Å². The molecular weight excluding hydrogens is 250 g/mol. The van der Waals surface area contributed by atoms with E-state index in [4.69, 9.17) is 0 Å². The maximum absolute atomic E-state index is 12.7. The van der Waals surface area contributed by atoms with Gasteiger partial charge in [0.15, 0.2) is 0 Å². The smallest absolute Gasteiger partial charge is 0.239 e. The Morgan fingerprint density at radius 1 is 1.15 bits per heavy atom. The summed E-state index contributed by atoms with van der Waals surface area (Å²) in [5.74, 6) is 1.08. The first kappa shape index (κ1) is 15.8. The third kappa shape index (κ3) is 3.95. The van der Waals surface area contributed by atoms with Gasteiger partial charge in [0.1, 0.15) is 0 Å². The highest BCUT2D eigenvalue weighted by molar-refractivity contribution is 5.82. The molecule has 3 unspecified atom stereocenters. The van der Waals surface area contributed by atoms with Crippen LogP contribution in [0, 0.1) is 5.92 Å². The number of rotatable bonds is 6. The van der Waals surface area contributed by atoms with E-state index >= 15 is 0 Å². The molecule has 3 atom stereocenters. The van der Waals surface area contributed by atoms with Gasteiger partial charge in [-0.2, -0.15) is 0 Å². The lowest BCUT2D eigenvalue weighted by Gasteiger charge is -2.27. The minimum Gasteiger partial charge on any atom is -0.340 e. The van der Waals surface area contributed by atoms with Crippen LogP contribution >= 0.6 is 0 Å². The molecule has 0 spiro atoms. The molecule has 1 aliphatic carbocycles. The molecule has 1 saturated heterocycles. The molecule has 20 heavy (non-hydrogen) atoms. The van der Waals surface area contributed by atoms with Gasteiger partial charge in [-0.05, 0) is 45.7 Å². The summed E-state index contributed by atoms with van der Waals surface area (Å²) in [6, 6.07) is 0.687. The predicted octanol–water partition coefficient (Wildman–Crippen LogP) is 1.71. The van der Waals surface area contributed by atoms with Crippen molar-refractivity contribution >= 4 is 5.91 Å². The molecule has 0 aromatic heterocycles. The van der Waals surface area contributed by atoms with Gasteiger partial charge in [-0.1, -0.05) is 19.8 Å². The van der Waals surface area contributed by atoms with E-state index in [1.54, 1.807) is 0 Å². The molecule has 0 radical (unpaired) electrons. The van der Waals surface area contributed by atoms with Gasteiger partial charge in [0.05, 0.1) is 6.04 Å². The summed E-state index contributed by atoms with van der Waals surface area (Å²) >= 11 is 0. The van der Waals surface area contributed by atoms with Gasteiger partial charge >= 0.3 is 0 Å². The van der Waals surface area contributed by atoms with E-state index in [-0.39, 0.29) is 6.04 Å². The Hall–Kier alpha value is -0.610. The lowest BCUT2D eigenvalue weighted by Crippen LogP contribution is -2.47. The highest BCUT2D eigenvalue weighted by Crippen LogP contribution is 2.33. The lowest BCUT2D eigenvalue weighted by atomic mass is 9.85. The number of hydrogen-bond donors (Lipinski definition) is 1. The summed E-state index contributed by atoms with van der Waals surface area (Å²) in [5, 5.41) is 3.61. The van der Waals surface area contributed by atoms with E-state index in [0.717, 1.165) is 38.4 Å². The standard InChI is InChI=1S/C16H31N3O/c1-4-9-19(11-10-18(2)3)16(20)15-12-13-7-5-6-8-14(13)17-15/h13-15,17H,4-12H2,1-3H3. The fourth-order valence-electron chi connectivity index (χ4n) is 3.65. The zero-order valence-electron chi connectivity index (χ0n) is 13.4. The maximum Gasteiger partial charge on any atom is 0.239 e. The first-order valence-corrected chi connectivity index (χ1v) is 8.31. The normalized spacial score (nSPS) is 29.5. The van der Waals surface area contributed by atoms with Crippen LogP contribution in [-0.2, 0) is 4.79 Å². The molecule has 2 fully saturated rings. The van der Waals surface area contributed by atoms with Crippen molar-refractivity contribution in [2.45, 2.75) is 57.5 Å². The Labute approximate surface area is 123 Å². The molecule has 1 N–H and O–H groups in total. The number of nitrogens with one attached hydrogen (secondary N) is 1. The van der Waals surface area contributed by atoms with Crippen molar-refractivity contribution < 1.29 is 4.79 Å². The Morgan fingerprint density at radius 3 is 2.55 bits per heavy atom. The number of carbonyl (C=O) groups excluding carboxylic acids is 1. The largest absolute Gasteiger partial charge is 0.340 e. The summed E-state index contributed by atoms with van der Waals surface area (Å²) in [6.07, 6.45) is 7.36. The van der Waals surface area contributed by atoms with Crippen LogP contribution in [0.5, 0.6) is 0 Å². The van der Waals surface area contributed by atoms with Crippen molar-refractivity contribution in [1.82, 2.24) is 15.1 Å². The van der Waals surface area contributed by atoms with Crippen molar-refractivity contribution in [2.24, 2.45) is 5.92 Å². The lowest BCUT2D eigenvalue weighted by molar-refractivity contribution is -0.133. The van der Waals surface area contributed by atoms with Gasteiger partial charge in [-0.15, -0.1) is 0 Å². The zero-order valence-corrected chi connectivity index (χ0v) is 13.4. The molecule has 1 aliphatic heterocycles. The molecule has 1 saturated carbocycles. The summed E-state index contributed by atoms with van der Waals surface area (Å²) in [7, 11) is 4.13. The van der Waals surface area contributed by atoms with E-state index in [2.05, 4.69) is 36.1 Å². The van der Waals surface area contributed by atoms with Crippen molar-refractivity contribution in [3.8, 4) is 0 Å². The van der Waals surface area contributed by atoms with Crippen molar-refractivity contribution in [3.63, 3.8) is 0 Å². The van der Waals surface area contributed by atoms with Crippen molar-refractivity contribution in [3.05, 3.63) is 0 Å². The molecular formula is C16H31N3O. The van der Waals surface area contributed by atoms with Gasteiger partial charge in [-0.25, -0.2) is 0 Å². The van der Waals surface area contributed by atoms with Gasteiger partial charge in [0.2, 0.25) is 5.91 Å². The van der Waals surface area contributed by atoms with Gasteiger partial charge in [-0.3, -0.25) is 4.79 Å². The number of nitrogens with zero attached hydrogens (tertiary/aromatic N) is 2. The van der Waals surface area contributed by atoms with Crippen LogP contribution in [0.25, 0.3) is 0 Å². The van der Waals surface area contributed by atoms with Gasteiger partial charge in [0, 0.05) is 25.7 Å². The maximum atomic E-state index is 12.7. The van der Waals surface area contributed by atoms with Crippen LogP contribution in [0.4, 0.5) is 0 Å². The van der Waals surface area contributed by atoms with Crippen LogP contribution in [0.1, 0.15) is 45.4 Å². The number of carbonyl (C=O) groups is 1. The topological polar surface area (TPSA) is 35.6 Å². The molecule has 1 amide bonds.